The average Bonchev–Trinajstić information content (AvgIpc) is 2.42. The molecule has 1 aromatic rings. The zero-order valence-electron chi connectivity index (χ0n) is 13.2. The highest BCUT2D eigenvalue weighted by atomic mass is 16.5. The summed E-state index contributed by atoms with van der Waals surface area (Å²) in [6.45, 7) is 11.7. The third-order valence-corrected chi connectivity index (χ3v) is 2.88. The number of nitrogens with one attached hydrogen (secondary N) is 2. The normalized spacial score (nSPS) is 10.8. The van der Waals surface area contributed by atoms with Crippen molar-refractivity contribution in [2.45, 2.75) is 40.5 Å². The van der Waals surface area contributed by atoms with Crippen LogP contribution in [-0.2, 0) is 4.74 Å². The predicted octanol–water partition coefficient (Wildman–Crippen LogP) is 3.08. The highest BCUT2D eigenvalue weighted by Gasteiger charge is 2.03. The quantitative estimate of drug-likeness (QED) is 0.645. The van der Waals surface area contributed by atoms with Crippen molar-refractivity contribution in [3.63, 3.8) is 0 Å². The molecule has 5 heteroatoms. The first-order valence-corrected chi connectivity index (χ1v) is 7.52. The van der Waals surface area contributed by atoms with Gasteiger partial charge >= 0.3 is 0 Å². The summed E-state index contributed by atoms with van der Waals surface area (Å²) < 4.78 is 5.58. The maximum atomic E-state index is 5.58. The molecule has 0 saturated heterocycles. The van der Waals surface area contributed by atoms with Crippen molar-refractivity contribution in [2.24, 2.45) is 5.92 Å². The van der Waals surface area contributed by atoms with Crippen LogP contribution in [0.4, 0.5) is 11.8 Å². The first-order valence-electron chi connectivity index (χ1n) is 7.52. The van der Waals surface area contributed by atoms with Crippen LogP contribution >= 0.6 is 0 Å². The van der Waals surface area contributed by atoms with Gasteiger partial charge < -0.3 is 15.4 Å². The van der Waals surface area contributed by atoms with E-state index in [0.717, 1.165) is 43.9 Å². The monoisotopic (exact) mass is 280 g/mol. The maximum Gasteiger partial charge on any atom is 0.224 e. The molecule has 0 radical (unpaired) electrons. The van der Waals surface area contributed by atoms with Crippen molar-refractivity contribution in [1.82, 2.24) is 9.97 Å². The number of hydrogen-bond acceptors (Lipinski definition) is 5. The minimum atomic E-state index is 0.681. The average molecular weight is 280 g/mol. The van der Waals surface area contributed by atoms with E-state index in [9.17, 15) is 0 Å². The van der Waals surface area contributed by atoms with E-state index >= 15 is 0 Å². The topological polar surface area (TPSA) is 59.1 Å². The molecule has 0 fully saturated rings. The van der Waals surface area contributed by atoms with Crippen molar-refractivity contribution in [3.8, 4) is 0 Å². The molecule has 0 aromatic carbocycles. The van der Waals surface area contributed by atoms with Crippen molar-refractivity contribution in [3.05, 3.63) is 11.8 Å². The fourth-order valence-corrected chi connectivity index (χ4v) is 1.61. The number of ether oxygens (including phenoxy) is 1. The van der Waals surface area contributed by atoms with Crippen LogP contribution in [0, 0.1) is 12.8 Å². The van der Waals surface area contributed by atoms with Gasteiger partial charge in [0.25, 0.3) is 0 Å². The summed E-state index contributed by atoms with van der Waals surface area (Å²) >= 11 is 0. The van der Waals surface area contributed by atoms with Crippen molar-refractivity contribution in [1.29, 1.82) is 0 Å². The molecule has 1 heterocycles. The molecule has 0 bridgehead atoms. The van der Waals surface area contributed by atoms with E-state index in [-0.39, 0.29) is 0 Å². The molecule has 114 valence electrons. The van der Waals surface area contributed by atoms with E-state index in [1.165, 1.54) is 0 Å². The van der Waals surface area contributed by atoms with Gasteiger partial charge in [0.2, 0.25) is 5.95 Å². The van der Waals surface area contributed by atoms with Gasteiger partial charge in [-0.05, 0) is 25.7 Å². The predicted molar refractivity (Wildman–Crippen MR) is 84.3 cm³/mol. The molecule has 1 rings (SSSR count). The fraction of sp³-hybridized carbons (Fsp3) is 0.733. The zero-order chi connectivity index (χ0) is 14.8. The second kappa shape index (κ2) is 9.53. The standard InChI is InChI=1S/C15H28N4O/c1-5-7-17-15-18-11-13(4)14(19-15)16-8-10-20-9-6-12(2)3/h11-12H,5-10H2,1-4H3,(H2,16,17,18,19). The smallest absolute Gasteiger partial charge is 0.224 e. The van der Waals surface area contributed by atoms with Gasteiger partial charge in [-0.25, -0.2) is 4.98 Å². The van der Waals surface area contributed by atoms with Gasteiger partial charge in [0, 0.05) is 31.5 Å². The lowest BCUT2D eigenvalue weighted by Crippen LogP contribution is -2.14. The molecule has 0 aliphatic rings. The van der Waals surface area contributed by atoms with E-state index in [0.29, 0.717) is 18.5 Å². The Morgan fingerprint density at radius 2 is 2.00 bits per heavy atom. The molecule has 0 aliphatic heterocycles. The third-order valence-electron chi connectivity index (χ3n) is 2.88. The number of aryl methyl sites for hydroxylation is 1. The lowest BCUT2D eigenvalue weighted by Gasteiger charge is -2.11. The van der Waals surface area contributed by atoms with Gasteiger partial charge in [-0.15, -0.1) is 0 Å². The number of anilines is 2. The SMILES string of the molecule is CCCNc1ncc(C)c(NCCOCCC(C)C)n1. The van der Waals surface area contributed by atoms with Gasteiger partial charge in [-0.1, -0.05) is 20.8 Å². The summed E-state index contributed by atoms with van der Waals surface area (Å²) in [4.78, 5) is 8.73. The Morgan fingerprint density at radius 1 is 1.20 bits per heavy atom. The van der Waals surface area contributed by atoms with Gasteiger partial charge in [-0.3, -0.25) is 0 Å². The first kappa shape index (κ1) is 16.7. The molecule has 2 N–H and O–H groups in total. The Morgan fingerprint density at radius 3 is 2.70 bits per heavy atom. The van der Waals surface area contributed by atoms with E-state index in [2.05, 4.69) is 41.4 Å². The third kappa shape index (κ3) is 6.70. The number of nitrogens with zero attached hydrogens (tertiary/aromatic N) is 2. The summed E-state index contributed by atoms with van der Waals surface area (Å²) in [6, 6.07) is 0. The van der Waals surface area contributed by atoms with Crippen LogP contribution in [0.15, 0.2) is 6.20 Å². The van der Waals surface area contributed by atoms with Gasteiger partial charge in [0.1, 0.15) is 5.82 Å². The van der Waals surface area contributed by atoms with Crippen LogP contribution in [-0.4, -0.2) is 36.3 Å². The molecule has 0 amide bonds. The van der Waals surface area contributed by atoms with E-state index in [4.69, 9.17) is 4.74 Å². The van der Waals surface area contributed by atoms with Crippen molar-refractivity contribution < 1.29 is 4.74 Å². The molecular formula is C15H28N4O. The second-order valence-electron chi connectivity index (χ2n) is 5.37. The van der Waals surface area contributed by atoms with Gasteiger partial charge in [0.05, 0.1) is 6.61 Å². The minimum Gasteiger partial charge on any atom is -0.380 e. The molecule has 0 unspecified atom stereocenters. The van der Waals surface area contributed by atoms with Crippen molar-refractivity contribution in [2.75, 3.05) is 36.9 Å². The Hall–Kier alpha value is -1.36. The summed E-state index contributed by atoms with van der Waals surface area (Å²) in [6.07, 6.45) is 4.01. The summed E-state index contributed by atoms with van der Waals surface area (Å²) in [7, 11) is 0. The zero-order valence-corrected chi connectivity index (χ0v) is 13.2. The molecule has 0 spiro atoms. The number of aromatic nitrogens is 2. The largest absolute Gasteiger partial charge is 0.380 e. The Kier molecular flexibility index (Phi) is 7.95. The Labute approximate surface area is 122 Å². The van der Waals surface area contributed by atoms with Gasteiger partial charge in [-0.2, -0.15) is 4.98 Å². The fourth-order valence-electron chi connectivity index (χ4n) is 1.61. The van der Waals surface area contributed by atoms with Crippen LogP contribution in [0.5, 0.6) is 0 Å². The van der Waals surface area contributed by atoms with E-state index in [1.807, 2.05) is 13.1 Å². The van der Waals surface area contributed by atoms with Crippen LogP contribution in [0.1, 0.15) is 39.2 Å². The molecule has 20 heavy (non-hydrogen) atoms. The van der Waals surface area contributed by atoms with E-state index < -0.39 is 0 Å². The first-order chi connectivity index (χ1) is 9.63. The van der Waals surface area contributed by atoms with Gasteiger partial charge in [0.15, 0.2) is 0 Å². The molecule has 5 nitrogen and oxygen atoms in total. The lowest BCUT2D eigenvalue weighted by atomic mass is 10.1. The Balaban J connectivity index is 2.31. The van der Waals surface area contributed by atoms with Crippen LogP contribution in [0.25, 0.3) is 0 Å². The second-order valence-corrected chi connectivity index (χ2v) is 5.37. The summed E-state index contributed by atoms with van der Waals surface area (Å²) in [5, 5.41) is 6.49. The maximum absolute atomic E-state index is 5.58. The minimum absolute atomic E-state index is 0.681. The molecular weight excluding hydrogens is 252 g/mol. The molecule has 0 saturated carbocycles. The van der Waals surface area contributed by atoms with Crippen LogP contribution in [0.3, 0.4) is 0 Å². The molecule has 1 aromatic heterocycles. The Bertz CT molecular complexity index is 382. The van der Waals surface area contributed by atoms with Crippen molar-refractivity contribution >= 4 is 11.8 Å². The summed E-state index contributed by atoms with van der Waals surface area (Å²) in [5.41, 5.74) is 1.05. The number of hydrogen-bond donors (Lipinski definition) is 2. The molecule has 0 atom stereocenters. The lowest BCUT2D eigenvalue weighted by molar-refractivity contribution is 0.132. The highest BCUT2D eigenvalue weighted by molar-refractivity contribution is 5.46. The highest BCUT2D eigenvalue weighted by Crippen LogP contribution is 2.12. The molecule has 0 aliphatic carbocycles. The van der Waals surface area contributed by atoms with E-state index in [1.54, 1.807) is 0 Å². The number of rotatable bonds is 10. The summed E-state index contributed by atoms with van der Waals surface area (Å²) in [5.74, 6) is 2.26. The van der Waals surface area contributed by atoms with Crippen LogP contribution in [0.2, 0.25) is 0 Å². The van der Waals surface area contributed by atoms with Crippen LogP contribution < -0.4 is 10.6 Å².